The Kier molecular flexibility index (Phi) is 6.93. The molecule has 37 heavy (non-hydrogen) atoms. The topological polar surface area (TPSA) is 166 Å². The van der Waals surface area contributed by atoms with Crippen molar-refractivity contribution < 1.29 is 31.1 Å². The van der Waals surface area contributed by atoms with Gasteiger partial charge in [-0.15, -0.1) is 0 Å². The molecule has 194 valence electrons. The monoisotopic (exact) mass is 537 g/mol. The van der Waals surface area contributed by atoms with Gasteiger partial charge in [0, 0.05) is 31.0 Å². The van der Waals surface area contributed by atoms with Gasteiger partial charge in [-0.3, -0.25) is 10.1 Å². The largest absolute Gasteiger partial charge is 0.433 e. The molecule has 0 fully saturated rings. The van der Waals surface area contributed by atoms with Crippen LogP contribution in [0.4, 0.5) is 30.5 Å². The molecule has 0 aliphatic rings. The maximum atomic E-state index is 13.4. The van der Waals surface area contributed by atoms with E-state index < -0.39 is 26.6 Å². The first-order chi connectivity index (χ1) is 17.4. The summed E-state index contributed by atoms with van der Waals surface area (Å²) in [5, 5.41) is 24.1. The van der Waals surface area contributed by atoms with Crippen LogP contribution in [0.2, 0.25) is 0 Å². The average Bonchev–Trinajstić information content (AvgIpc) is 3.33. The number of benzene rings is 2. The van der Waals surface area contributed by atoms with Crippen LogP contribution in [0.5, 0.6) is 0 Å². The van der Waals surface area contributed by atoms with Crippen LogP contribution >= 0.6 is 0 Å². The molecule has 0 saturated carbocycles. The first-order valence-corrected chi connectivity index (χ1v) is 12.5. The molecule has 4 aromatic rings. The van der Waals surface area contributed by atoms with Crippen LogP contribution in [0.1, 0.15) is 12.1 Å². The highest BCUT2D eigenvalue weighted by Gasteiger charge is 2.34. The van der Waals surface area contributed by atoms with Crippen LogP contribution < -0.4 is 10.6 Å². The van der Waals surface area contributed by atoms with Gasteiger partial charge in [-0.2, -0.15) is 13.2 Å². The molecule has 2 N–H and O–H groups in total. The van der Waals surface area contributed by atoms with Crippen LogP contribution in [0.15, 0.2) is 52.0 Å². The van der Waals surface area contributed by atoms with Gasteiger partial charge in [0.2, 0.25) is 11.5 Å². The number of alkyl halides is 3. The van der Waals surface area contributed by atoms with Crippen molar-refractivity contribution in [2.45, 2.75) is 17.5 Å². The molecule has 0 bridgehead atoms. The molecule has 2 heterocycles. The predicted octanol–water partition coefficient (Wildman–Crippen LogP) is 3.92. The van der Waals surface area contributed by atoms with Crippen molar-refractivity contribution in [3.63, 3.8) is 0 Å². The lowest BCUT2D eigenvalue weighted by molar-refractivity contribution is -0.383. The van der Waals surface area contributed by atoms with Crippen LogP contribution in [-0.4, -0.2) is 53.0 Å². The van der Waals surface area contributed by atoms with Gasteiger partial charge < -0.3 is 10.6 Å². The van der Waals surface area contributed by atoms with E-state index in [9.17, 15) is 31.7 Å². The van der Waals surface area contributed by atoms with E-state index in [2.05, 4.69) is 35.5 Å². The molecule has 0 saturated heterocycles. The van der Waals surface area contributed by atoms with Crippen LogP contribution in [-0.2, 0) is 16.0 Å². The fourth-order valence-electron chi connectivity index (χ4n) is 3.35. The molecule has 0 spiro atoms. The molecule has 0 aliphatic heterocycles. The Labute approximate surface area is 207 Å². The fraction of sp³-hybridized carbons (Fsp3) is 0.238. The number of hydrogen-bond acceptors (Lipinski definition) is 11. The van der Waals surface area contributed by atoms with E-state index in [1.165, 1.54) is 36.4 Å². The van der Waals surface area contributed by atoms with Gasteiger partial charge in [0.1, 0.15) is 0 Å². The third kappa shape index (κ3) is 5.91. The summed E-state index contributed by atoms with van der Waals surface area (Å²) in [6.07, 6.45) is -3.30. The Morgan fingerprint density at radius 1 is 1.00 bits per heavy atom. The standard InChI is InChI=1S/C21H18F3N7O5S/c1-37(34,35)13-5-3-12(4-6-13)15-11-17(21(22,23)24)28-20(27-15)26-10-2-9-25-14-7-8-16(31(32)33)19-18(14)29-36-30-19/h3-8,11,25H,2,9-10H2,1H3,(H,26,27,28). The minimum Gasteiger partial charge on any atom is -0.383 e. The molecule has 0 amide bonds. The van der Waals surface area contributed by atoms with Gasteiger partial charge in [-0.1, -0.05) is 12.1 Å². The van der Waals surface area contributed by atoms with Gasteiger partial charge in [-0.05, 0) is 41.0 Å². The summed E-state index contributed by atoms with van der Waals surface area (Å²) in [6, 6.07) is 8.82. The fourth-order valence-corrected chi connectivity index (χ4v) is 3.98. The molecular weight excluding hydrogens is 519 g/mol. The number of sulfone groups is 1. The Balaban J connectivity index is 1.44. The molecular formula is C21H18F3N7O5S. The lowest BCUT2D eigenvalue weighted by Crippen LogP contribution is -2.15. The summed E-state index contributed by atoms with van der Waals surface area (Å²) in [4.78, 5) is 18.2. The maximum Gasteiger partial charge on any atom is 0.433 e. The normalized spacial score (nSPS) is 12.0. The van der Waals surface area contributed by atoms with Crippen LogP contribution in [0, 0.1) is 10.1 Å². The number of fused-ring (bicyclic) bond motifs is 1. The van der Waals surface area contributed by atoms with Crippen molar-refractivity contribution in [1.29, 1.82) is 0 Å². The molecule has 0 unspecified atom stereocenters. The van der Waals surface area contributed by atoms with E-state index in [0.29, 0.717) is 18.7 Å². The van der Waals surface area contributed by atoms with E-state index in [-0.39, 0.29) is 45.4 Å². The van der Waals surface area contributed by atoms with Crippen LogP contribution in [0.25, 0.3) is 22.3 Å². The Hall–Kier alpha value is -4.34. The molecule has 4 rings (SSSR count). The number of non-ortho nitro benzene ring substituents is 1. The zero-order chi connectivity index (χ0) is 26.8. The number of aromatic nitrogens is 4. The second-order valence-electron chi connectivity index (χ2n) is 7.81. The van der Waals surface area contributed by atoms with Crippen molar-refractivity contribution in [2.24, 2.45) is 0 Å². The average molecular weight is 537 g/mol. The highest BCUT2D eigenvalue weighted by molar-refractivity contribution is 7.90. The molecule has 2 aromatic heterocycles. The lowest BCUT2D eigenvalue weighted by atomic mass is 10.1. The van der Waals surface area contributed by atoms with E-state index in [4.69, 9.17) is 0 Å². The van der Waals surface area contributed by atoms with E-state index >= 15 is 0 Å². The number of halogens is 3. The minimum absolute atomic E-state index is 0.0115. The Bertz CT molecular complexity index is 1560. The van der Waals surface area contributed by atoms with Gasteiger partial charge in [-0.25, -0.2) is 23.0 Å². The minimum atomic E-state index is -4.73. The molecule has 0 atom stereocenters. The van der Waals surface area contributed by atoms with Crippen LogP contribution in [0.3, 0.4) is 0 Å². The maximum absolute atomic E-state index is 13.4. The lowest BCUT2D eigenvalue weighted by Gasteiger charge is -2.12. The van der Waals surface area contributed by atoms with Crippen molar-refractivity contribution in [1.82, 2.24) is 20.3 Å². The summed E-state index contributed by atoms with van der Waals surface area (Å²) in [7, 11) is -3.47. The Morgan fingerprint density at radius 2 is 1.68 bits per heavy atom. The van der Waals surface area contributed by atoms with Crippen molar-refractivity contribution in [2.75, 3.05) is 30.0 Å². The van der Waals surface area contributed by atoms with E-state index in [0.717, 1.165) is 12.3 Å². The number of rotatable bonds is 9. The molecule has 0 aliphatic carbocycles. The molecule has 2 aromatic carbocycles. The van der Waals surface area contributed by atoms with Crippen molar-refractivity contribution in [3.05, 3.63) is 58.3 Å². The zero-order valence-electron chi connectivity index (χ0n) is 19.0. The summed E-state index contributed by atoms with van der Waals surface area (Å²) in [6.45, 7) is 0.513. The van der Waals surface area contributed by atoms with Crippen molar-refractivity contribution >= 4 is 38.2 Å². The quantitative estimate of drug-likeness (QED) is 0.180. The van der Waals surface area contributed by atoms with E-state index in [1.54, 1.807) is 0 Å². The number of hydrogen-bond donors (Lipinski definition) is 2. The first kappa shape index (κ1) is 25.7. The highest BCUT2D eigenvalue weighted by Crippen LogP contribution is 2.32. The van der Waals surface area contributed by atoms with Gasteiger partial charge >= 0.3 is 11.9 Å². The second-order valence-corrected chi connectivity index (χ2v) is 9.83. The second kappa shape index (κ2) is 9.96. The molecule has 16 heteroatoms. The third-order valence-corrected chi connectivity index (χ3v) is 6.27. The zero-order valence-corrected chi connectivity index (χ0v) is 19.8. The SMILES string of the molecule is CS(=O)(=O)c1ccc(-c2cc(C(F)(F)F)nc(NCCCNc3ccc([N+](=O)[O-])c4nonc34)n2)cc1. The molecule has 0 radical (unpaired) electrons. The van der Waals surface area contributed by atoms with Gasteiger partial charge in [0.05, 0.1) is 21.2 Å². The summed E-state index contributed by atoms with van der Waals surface area (Å²) in [5.41, 5.74) is -0.554. The summed E-state index contributed by atoms with van der Waals surface area (Å²) >= 11 is 0. The summed E-state index contributed by atoms with van der Waals surface area (Å²) < 4.78 is 68.2. The predicted molar refractivity (Wildman–Crippen MR) is 126 cm³/mol. The number of anilines is 2. The van der Waals surface area contributed by atoms with E-state index in [1.807, 2.05) is 0 Å². The summed E-state index contributed by atoms with van der Waals surface area (Å²) in [5.74, 6) is -0.254. The third-order valence-electron chi connectivity index (χ3n) is 5.14. The highest BCUT2D eigenvalue weighted by atomic mass is 32.2. The van der Waals surface area contributed by atoms with Gasteiger partial charge in [0.25, 0.3) is 0 Å². The van der Waals surface area contributed by atoms with Crippen molar-refractivity contribution in [3.8, 4) is 11.3 Å². The smallest absolute Gasteiger partial charge is 0.383 e. The number of nitro groups is 1. The Morgan fingerprint density at radius 3 is 2.32 bits per heavy atom. The first-order valence-electron chi connectivity index (χ1n) is 10.6. The number of nitrogens with zero attached hydrogens (tertiary/aromatic N) is 5. The number of nitro benzene ring substituents is 1. The molecule has 12 nitrogen and oxygen atoms in total. The van der Waals surface area contributed by atoms with Gasteiger partial charge in [0.15, 0.2) is 21.0 Å². The number of nitrogens with one attached hydrogen (secondary N) is 2.